The van der Waals surface area contributed by atoms with Crippen LogP contribution in [0.4, 0.5) is 0 Å². The molecule has 29 heavy (non-hydrogen) atoms. The van der Waals surface area contributed by atoms with Gasteiger partial charge in [-0.15, -0.1) is 0 Å². The third-order valence-corrected chi connectivity index (χ3v) is 7.30. The van der Waals surface area contributed by atoms with E-state index in [0.717, 1.165) is 43.1 Å². The summed E-state index contributed by atoms with van der Waals surface area (Å²) >= 11 is 1.24. The molecule has 0 spiro atoms. The zero-order chi connectivity index (χ0) is 20.0. The van der Waals surface area contributed by atoms with E-state index < -0.39 is 0 Å². The van der Waals surface area contributed by atoms with E-state index in [4.69, 9.17) is 0 Å². The number of carbonyl (C=O) groups excluding carboxylic acids is 3. The molecule has 7 nitrogen and oxygen atoms in total. The number of hydrogen-bond acceptors (Lipinski definition) is 5. The third-order valence-electron chi connectivity index (χ3n) is 6.43. The summed E-state index contributed by atoms with van der Waals surface area (Å²) in [7, 11) is 0. The molecule has 1 aliphatic carbocycles. The molecule has 0 radical (unpaired) electrons. The number of hydrogen-bond donors (Lipinski definition) is 2. The van der Waals surface area contributed by atoms with Crippen molar-refractivity contribution in [1.29, 1.82) is 0 Å². The van der Waals surface area contributed by atoms with Crippen molar-refractivity contribution in [2.24, 2.45) is 5.92 Å². The van der Waals surface area contributed by atoms with Gasteiger partial charge in [0.15, 0.2) is 0 Å². The molecule has 2 aliphatic heterocycles. The largest absolute Gasteiger partial charge is 0.353 e. The van der Waals surface area contributed by atoms with Gasteiger partial charge in [0, 0.05) is 42.9 Å². The number of fused-ring (bicyclic) bond motifs is 3. The third kappa shape index (κ3) is 3.61. The molecule has 2 N–H and O–H groups in total. The number of nitrogens with one attached hydrogen (secondary N) is 2. The van der Waals surface area contributed by atoms with Crippen LogP contribution >= 0.6 is 11.5 Å². The van der Waals surface area contributed by atoms with Crippen LogP contribution in [0.25, 0.3) is 10.9 Å². The Bertz CT molecular complexity index is 974. The first-order valence-electron chi connectivity index (χ1n) is 10.3. The molecule has 2 saturated heterocycles. The summed E-state index contributed by atoms with van der Waals surface area (Å²) in [5, 5.41) is 6.97. The highest BCUT2D eigenvalue weighted by Crippen LogP contribution is 2.36. The Labute approximate surface area is 173 Å². The van der Waals surface area contributed by atoms with Crippen LogP contribution in [0.5, 0.6) is 0 Å². The predicted octanol–water partition coefficient (Wildman–Crippen LogP) is 2.07. The van der Waals surface area contributed by atoms with Gasteiger partial charge in [-0.3, -0.25) is 14.4 Å². The lowest BCUT2D eigenvalue weighted by Crippen LogP contribution is -2.43. The number of aromatic nitrogens is 1. The minimum absolute atomic E-state index is 0.0226. The van der Waals surface area contributed by atoms with Crippen molar-refractivity contribution in [3.05, 3.63) is 29.1 Å². The molecule has 5 rings (SSSR count). The molecule has 152 valence electrons. The average molecular weight is 413 g/mol. The van der Waals surface area contributed by atoms with Crippen molar-refractivity contribution in [2.75, 3.05) is 6.54 Å². The molecule has 2 bridgehead atoms. The molecule has 2 aromatic rings. The van der Waals surface area contributed by atoms with Crippen molar-refractivity contribution >= 4 is 40.2 Å². The summed E-state index contributed by atoms with van der Waals surface area (Å²) in [5.41, 5.74) is 0.849. The smallest absolute Gasteiger partial charge is 0.263 e. The SMILES string of the molecule is O=C1CCC(CC(=O)N2CC3CC(NC(=O)c4snc5ccccc45)CC2C3)N1. The highest BCUT2D eigenvalue weighted by Gasteiger charge is 2.42. The van der Waals surface area contributed by atoms with E-state index in [9.17, 15) is 14.4 Å². The Morgan fingerprint density at radius 2 is 2.10 bits per heavy atom. The summed E-state index contributed by atoms with van der Waals surface area (Å²) in [6.07, 6.45) is 4.36. The number of benzene rings is 1. The summed E-state index contributed by atoms with van der Waals surface area (Å²) in [6, 6.07) is 7.93. The van der Waals surface area contributed by atoms with Crippen molar-refractivity contribution in [3.8, 4) is 0 Å². The lowest BCUT2D eigenvalue weighted by molar-refractivity contribution is -0.132. The number of likely N-dealkylation sites (tertiary alicyclic amines) is 1. The van der Waals surface area contributed by atoms with Crippen molar-refractivity contribution in [1.82, 2.24) is 19.9 Å². The molecule has 3 heterocycles. The van der Waals surface area contributed by atoms with Crippen LogP contribution < -0.4 is 10.6 Å². The van der Waals surface area contributed by atoms with Crippen LogP contribution in [0.15, 0.2) is 24.3 Å². The number of amides is 3. The summed E-state index contributed by atoms with van der Waals surface area (Å²) in [5.74, 6) is 0.535. The first kappa shape index (κ1) is 18.5. The molecule has 3 fully saturated rings. The Hall–Kier alpha value is -2.48. The van der Waals surface area contributed by atoms with Crippen LogP contribution in [0.2, 0.25) is 0 Å². The Balaban J connectivity index is 1.22. The highest BCUT2D eigenvalue weighted by atomic mass is 32.1. The maximum atomic E-state index is 12.8. The molecular formula is C21H24N4O3S. The van der Waals surface area contributed by atoms with Crippen LogP contribution in [-0.2, 0) is 9.59 Å². The van der Waals surface area contributed by atoms with E-state index in [1.165, 1.54) is 11.5 Å². The first-order chi connectivity index (χ1) is 14.1. The quantitative estimate of drug-likeness (QED) is 0.804. The van der Waals surface area contributed by atoms with E-state index in [-0.39, 0.29) is 35.8 Å². The molecule has 8 heteroatoms. The van der Waals surface area contributed by atoms with Gasteiger partial charge in [-0.2, -0.15) is 4.37 Å². The van der Waals surface area contributed by atoms with Gasteiger partial charge < -0.3 is 15.5 Å². The highest BCUT2D eigenvalue weighted by molar-refractivity contribution is 7.09. The van der Waals surface area contributed by atoms with Crippen LogP contribution in [0.3, 0.4) is 0 Å². The second-order valence-corrected chi connectivity index (χ2v) is 9.25. The van der Waals surface area contributed by atoms with Gasteiger partial charge in [0.05, 0.1) is 5.52 Å². The van der Waals surface area contributed by atoms with Gasteiger partial charge in [-0.25, -0.2) is 0 Å². The molecule has 1 aromatic carbocycles. The topological polar surface area (TPSA) is 91.4 Å². The fourth-order valence-electron chi connectivity index (χ4n) is 5.12. The van der Waals surface area contributed by atoms with Crippen molar-refractivity contribution in [3.63, 3.8) is 0 Å². The molecule has 3 amide bonds. The number of carbonyl (C=O) groups is 3. The van der Waals surface area contributed by atoms with E-state index >= 15 is 0 Å². The van der Waals surface area contributed by atoms with Gasteiger partial charge in [0.25, 0.3) is 5.91 Å². The van der Waals surface area contributed by atoms with Gasteiger partial charge in [-0.1, -0.05) is 18.2 Å². The zero-order valence-electron chi connectivity index (χ0n) is 16.1. The van der Waals surface area contributed by atoms with E-state index in [2.05, 4.69) is 15.0 Å². The average Bonchev–Trinajstić information content (AvgIpc) is 3.39. The molecule has 1 aromatic heterocycles. The van der Waals surface area contributed by atoms with Crippen LogP contribution in [0.1, 0.15) is 48.2 Å². The minimum Gasteiger partial charge on any atom is -0.353 e. The molecule has 4 atom stereocenters. The second-order valence-electron chi connectivity index (χ2n) is 8.48. The standard InChI is InChI=1S/C21H24N4O3S/c26-18-6-5-13(22-18)10-19(27)25-11-12-7-14(9-15(25)8-12)23-21(28)20-16-3-1-2-4-17(16)24-29-20/h1-4,12-15H,5-11H2,(H,22,26)(H,23,28). The van der Waals surface area contributed by atoms with Gasteiger partial charge in [-0.05, 0) is 49.2 Å². The van der Waals surface area contributed by atoms with Gasteiger partial charge in [0.2, 0.25) is 11.8 Å². The maximum Gasteiger partial charge on any atom is 0.263 e. The van der Waals surface area contributed by atoms with Crippen molar-refractivity contribution in [2.45, 2.75) is 56.7 Å². The summed E-state index contributed by atoms with van der Waals surface area (Å²) < 4.78 is 4.36. The second kappa shape index (κ2) is 7.40. The fraction of sp³-hybridized carbons (Fsp3) is 0.524. The Kier molecular flexibility index (Phi) is 4.73. The monoisotopic (exact) mass is 412 g/mol. The van der Waals surface area contributed by atoms with E-state index in [0.29, 0.717) is 23.6 Å². The predicted molar refractivity (Wildman–Crippen MR) is 109 cm³/mol. The summed E-state index contributed by atoms with van der Waals surface area (Å²) in [6.45, 7) is 0.764. The Morgan fingerprint density at radius 3 is 2.93 bits per heavy atom. The van der Waals surface area contributed by atoms with Gasteiger partial charge in [0.1, 0.15) is 4.88 Å². The van der Waals surface area contributed by atoms with E-state index in [1.807, 2.05) is 29.2 Å². The van der Waals surface area contributed by atoms with Crippen LogP contribution in [0, 0.1) is 5.92 Å². The summed E-state index contributed by atoms with van der Waals surface area (Å²) in [4.78, 5) is 39.7. The lowest BCUT2D eigenvalue weighted by Gasteiger charge is -2.30. The number of nitrogens with zero attached hydrogens (tertiary/aromatic N) is 2. The Morgan fingerprint density at radius 1 is 1.24 bits per heavy atom. The maximum absolute atomic E-state index is 12.8. The molecular weight excluding hydrogens is 388 g/mol. The minimum atomic E-state index is -0.0680. The first-order valence-corrected chi connectivity index (χ1v) is 11.1. The van der Waals surface area contributed by atoms with Crippen molar-refractivity contribution < 1.29 is 14.4 Å². The normalized spacial score (nSPS) is 28.6. The molecule has 3 aliphatic rings. The molecule has 4 unspecified atom stereocenters. The van der Waals surface area contributed by atoms with E-state index in [1.54, 1.807) is 0 Å². The molecule has 1 saturated carbocycles. The van der Waals surface area contributed by atoms with Crippen LogP contribution in [-0.4, -0.2) is 51.7 Å². The lowest BCUT2D eigenvalue weighted by atomic mass is 9.86. The number of rotatable bonds is 4. The zero-order valence-corrected chi connectivity index (χ0v) is 16.9. The van der Waals surface area contributed by atoms with Gasteiger partial charge >= 0.3 is 0 Å². The fourth-order valence-corrected chi connectivity index (χ4v) is 5.88.